The Kier molecular flexibility index (Phi) is 3.57. The van der Waals surface area contributed by atoms with Gasteiger partial charge in [-0.2, -0.15) is 0 Å². The second-order valence-corrected chi connectivity index (χ2v) is 4.42. The van der Waals surface area contributed by atoms with Crippen LogP contribution in [0.1, 0.15) is 0 Å². The van der Waals surface area contributed by atoms with Crippen LogP contribution in [0.15, 0.2) is 47.8 Å². The fourth-order valence-corrected chi connectivity index (χ4v) is 2.10. The van der Waals surface area contributed by atoms with E-state index in [1.165, 1.54) is 0 Å². The van der Waals surface area contributed by atoms with Crippen molar-refractivity contribution in [3.8, 4) is 0 Å². The lowest BCUT2D eigenvalue weighted by atomic mass is 10.3. The second-order valence-electron chi connectivity index (χ2n) is 4.42. The molecule has 0 saturated heterocycles. The van der Waals surface area contributed by atoms with E-state index in [-0.39, 0.29) is 6.61 Å². The van der Waals surface area contributed by atoms with Crippen LogP contribution in [0.3, 0.4) is 0 Å². The minimum Gasteiger partial charge on any atom is -0.395 e. The molecule has 0 fully saturated rings. The SMILES string of the molecule is O=Nc1ccc(Nc2nc3cccnc3n2CCO)cc1. The summed E-state index contributed by atoms with van der Waals surface area (Å²) < 4.78 is 1.81. The third kappa shape index (κ3) is 2.59. The standard InChI is InChI=1S/C14H13N5O2/c20-9-8-19-13-12(2-1-7-15-13)17-14(19)16-10-3-5-11(18-21)6-4-10/h1-7,20H,8-9H2,(H,16,17). The van der Waals surface area contributed by atoms with Crippen molar-refractivity contribution in [1.82, 2.24) is 14.5 Å². The van der Waals surface area contributed by atoms with E-state index in [1.54, 1.807) is 35.0 Å². The molecule has 0 atom stereocenters. The Bertz CT molecular complexity index is 767. The minimum atomic E-state index is -0.00921. The van der Waals surface area contributed by atoms with Gasteiger partial charge in [-0.15, -0.1) is 4.91 Å². The second kappa shape index (κ2) is 5.68. The number of pyridine rings is 1. The van der Waals surface area contributed by atoms with Gasteiger partial charge >= 0.3 is 0 Å². The molecule has 3 aromatic rings. The highest BCUT2D eigenvalue weighted by Crippen LogP contribution is 2.23. The first-order chi connectivity index (χ1) is 10.3. The smallest absolute Gasteiger partial charge is 0.209 e. The van der Waals surface area contributed by atoms with Crippen molar-refractivity contribution in [1.29, 1.82) is 0 Å². The molecule has 0 radical (unpaired) electrons. The van der Waals surface area contributed by atoms with E-state index in [9.17, 15) is 10.0 Å². The molecule has 0 aliphatic heterocycles. The zero-order valence-corrected chi connectivity index (χ0v) is 11.1. The average Bonchev–Trinajstić information content (AvgIpc) is 2.86. The maximum atomic E-state index is 10.4. The van der Waals surface area contributed by atoms with Crippen LogP contribution in [0, 0.1) is 4.91 Å². The third-order valence-corrected chi connectivity index (χ3v) is 3.06. The Labute approximate surface area is 120 Å². The molecule has 3 rings (SSSR count). The van der Waals surface area contributed by atoms with E-state index in [0.29, 0.717) is 23.8 Å². The highest BCUT2D eigenvalue weighted by Gasteiger charge is 2.11. The summed E-state index contributed by atoms with van der Waals surface area (Å²) in [6.45, 7) is 0.383. The first-order valence-electron chi connectivity index (χ1n) is 6.44. The van der Waals surface area contributed by atoms with Crippen LogP contribution in [0.5, 0.6) is 0 Å². The van der Waals surface area contributed by atoms with Gasteiger partial charge in [0.2, 0.25) is 5.95 Å². The lowest BCUT2D eigenvalue weighted by Gasteiger charge is -2.08. The van der Waals surface area contributed by atoms with Crippen LogP contribution >= 0.6 is 0 Å². The summed E-state index contributed by atoms with van der Waals surface area (Å²) in [4.78, 5) is 19.2. The topological polar surface area (TPSA) is 92.4 Å². The summed E-state index contributed by atoms with van der Waals surface area (Å²) in [5.41, 5.74) is 2.60. The molecule has 0 amide bonds. The van der Waals surface area contributed by atoms with Crippen molar-refractivity contribution in [3.05, 3.63) is 47.5 Å². The number of aromatic nitrogens is 3. The van der Waals surface area contributed by atoms with Gasteiger partial charge in [0, 0.05) is 11.9 Å². The molecule has 7 heteroatoms. The van der Waals surface area contributed by atoms with Crippen molar-refractivity contribution in [2.75, 3.05) is 11.9 Å². The molecule has 0 aliphatic rings. The van der Waals surface area contributed by atoms with Crippen molar-refractivity contribution in [2.45, 2.75) is 6.54 Å². The number of imidazole rings is 1. The van der Waals surface area contributed by atoms with Crippen molar-refractivity contribution < 1.29 is 5.11 Å². The largest absolute Gasteiger partial charge is 0.395 e. The Morgan fingerprint density at radius 3 is 2.76 bits per heavy atom. The molecule has 0 spiro atoms. The van der Waals surface area contributed by atoms with Gasteiger partial charge in [-0.3, -0.25) is 4.57 Å². The molecule has 2 aromatic heterocycles. The zero-order valence-electron chi connectivity index (χ0n) is 11.1. The Morgan fingerprint density at radius 2 is 2.05 bits per heavy atom. The molecule has 1 aromatic carbocycles. The van der Waals surface area contributed by atoms with Crippen LogP contribution in [0.25, 0.3) is 11.2 Å². The van der Waals surface area contributed by atoms with Crippen LogP contribution < -0.4 is 5.32 Å². The van der Waals surface area contributed by atoms with Gasteiger partial charge < -0.3 is 10.4 Å². The molecule has 21 heavy (non-hydrogen) atoms. The summed E-state index contributed by atoms with van der Waals surface area (Å²) in [6, 6.07) is 10.4. The normalized spacial score (nSPS) is 10.7. The van der Waals surface area contributed by atoms with Crippen molar-refractivity contribution >= 4 is 28.5 Å². The number of hydrogen-bond donors (Lipinski definition) is 2. The highest BCUT2D eigenvalue weighted by atomic mass is 16.3. The van der Waals surface area contributed by atoms with E-state index in [4.69, 9.17) is 0 Å². The predicted octanol–water partition coefficient (Wildman–Crippen LogP) is 2.57. The number of nitrogens with zero attached hydrogens (tertiary/aromatic N) is 4. The number of nitrogens with one attached hydrogen (secondary N) is 1. The first-order valence-corrected chi connectivity index (χ1v) is 6.44. The molecule has 106 valence electrons. The number of benzene rings is 1. The van der Waals surface area contributed by atoms with Crippen LogP contribution in [-0.2, 0) is 6.54 Å². The summed E-state index contributed by atoms with van der Waals surface area (Å²) in [5, 5.41) is 15.2. The molecule has 7 nitrogen and oxygen atoms in total. The quantitative estimate of drug-likeness (QED) is 0.702. The maximum Gasteiger partial charge on any atom is 0.209 e. The van der Waals surface area contributed by atoms with E-state index in [2.05, 4.69) is 20.5 Å². The predicted molar refractivity (Wildman–Crippen MR) is 79.8 cm³/mol. The third-order valence-electron chi connectivity index (χ3n) is 3.06. The van der Waals surface area contributed by atoms with E-state index in [0.717, 1.165) is 11.2 Å². The van der Waals surface area contributed by atoms with Gasteiger partial charge in [0.25, 0.3) is 0 Å². The average molecular weight is 283 g/mol. The fourth-order valence-electron chi connectivity index (χ4n) is 2.10. The summed E-state index contributed by atoms with van der Waals surface area (Å²) >= 11 is 0. The molecule has 2 N–H and O–H groups in total. The van der Waals surface area contributed by atoms with Gasteiger partial charge in [0.15, 0.2) is 5.65 Å². The summed E-state index contributed by atoms with van der Waals surface area (Å²) in [6.07, 6.45) is 1.69. The van der Waals surface area contributed by atoms with Gasteiger partial charge in [-0.25, -0.2) is 9.97 Å². The molecular formula is C14H13N5O2. The Morgan fingerprint density at radius 1 is 1.24 bits per heavy atom. The molecule has 0 aliphatic carbocycles. The van der Waals surface area contributed by atoms with Gasteiger partial charge in [0.1, 0.15) is 11.2 Å². The number of fused-ring (bicyclic) bond motifs is 1. The number of nitroso groups, excluding NO2 is 1. The molecule has 0 saturated carbocycles. The van der Waals surface area contributed by atoms with Gasteiger partial charge in [0.05, 0.1) is 13.2 Å². The number of aliphatic hydroxyl groups excluding tert-OH is 1. The molecular weight excluding hydrogens is 270 g/mol. The summed E-state index contributed by atoms with van der Waals surface area (Å²) in [5.74, 6) is 0.588. The lowest BCUT2D eigenvalue weighted by Crippen LogP contribution is -2.07. The van der Waals surface area contributed by atoms with Crippen molar-refractivity contribution in [3.63, 3.8) is 0 Å². The van der Waals surface area contributed by atoms with E-state index < -0.39 is 0 Å². The van der Waals surface area contributed by atoms with Gasteiger partial charge in [-0.05, 0) is 41.6 Å². The summed E-state index contributed by atoms with van der Waals surface area (Å²) in [7, 11) is 0. The minimum absolute atomic E-state index is 0.00921. The first kappa shape index (κ1) is 13.2. The lowest BCUT2D eigenvalue weighted by molar-refractivity contribution is 0.278. The maximum absolute atomic E-state index is 10.4. The van der Waals surface area contributed by atoms with E-state index >= 15 is 0 Å². The zero-order chi connectivity index (χ0) is 14.7. The van der Waals surface area contributed by atoms with Gasteiger partial charge in [-0.1, -0.05) is 0 Å². The Hall–Kier alpha value is -2.80. The van der Waals surface area contributed by atoms with Crippen LogP contribution in [0.4, 0.5) is 17.3 Å². The van der Waals surface area contributed by atoms with Crippen molar-refractivity contribution in [2.24, 2.45) is 5.18 Å². The number of rotatable bonds is 5. The molecule has 2 heterocycles. The molecule has 0 bridgehead atoms. The number of hydrogen-bond acceptors (Lipinski definition) is 6. The highest BCUT2D eigenvalue weighted by molar-refractivity contribution is 5.75. The number of anilines is 2. The van der Waals surface area contributed by atoms with E-state index in [1.807, 2.05) is 12.1 Å². The molecule has 0 unspecified atom stereocenters. The van der Waals surface area contributed by atoms with Crippen LogP contribution in [0.2, 0.25) is 0 Å². The fraction of sp³-hybridized carbons (Fsp3) is 0.143. The monoisotopic (exact) mass is 283 g/mol. The Balaban J connectivity index is 1.98. The number of aliphatic hydroxyl groups is 1. The van der Waals surface area contributed by atoms with Crippen LogP contribution in [-0.4, -0.2) is 26.2 Å².